The second-order valence-electron chi connectivity index (χ2n) is 3.90. The molecule has 0 bridgehead atoms. The summed E-state index contributed by atoms with van der Waals surface area (Å²) in [5.41, 5.74) is 0.779. The van der Waals surface area contributed by atoms with E-state index in [-0.39, 0.29) is 6.04 Å². The highest BCUT2D eigenvalue weighted by Crippen LogP contribution is 2.15. The summed E-state index contributed by atoms with van der Waals surface area (Å²) in [7, 11) is -3.36. The summed E-state index contributed by atoms with van der Waals surface area (Å²) in [6, 6.07) is 7.05. The first-order valence-electron chi connectivity index (χ1n) is 5.59. The largest absolute Gasteiger partial charge is 0.241 e. The van der Waals surface area contributed by atoms with E-state index in [9.17, 15) is 8.42 Å². The molecule has 90 valence electrons. The van der Waals surface area contributed by atoms with Crippen molar-refractivity contribution in [1.29, 1.82) is 0 Å². The lowest BCUT2D eigenvalue weighted by atomic mass is 10.2. The highest BCUT2D eigenvalue weighted by atomic mass is 32.2. The molecule has 0 aliphatic rings. The Morgan fingerprint density at radius 2 is 1.75 bits per heavy atom. The number of hydrogen-bond acceptors (Lipinski definition) is 2. The predicted octanol–water partition coefficient (Wildman–Crippen LogP) is 2.46. The maximum absolute atomic E-state index is 12.1. The highest BCUT2D eigenvalue weighted by molar-refractivity contribution is 7.89. The van der Waals surface area contributed by atoms with Gasteiger partial charge >= 0.3 is 0 Å². The van der Waals surface area contributed by atoms with Gasteiger partial charge in [0.2, 0.25) is 10.0 Å². The molecule has 0 aliphatic carbocycles. The first-order valence-corrected chi connectivity index (χ1v) is 7.07. The first-order chi connectivity index (χ1) is 7.51. The fourth-order valence-corrected chi connectivity index (χ4v) is 3.24. The molecule has 1 aromatic carbocycles. The average Bonchev–Trinajstić information content (AvgIpc) is 2.26. The van der Waals surface area contributed by atoms with Crippen molar-refractivity contribution in [1.82, 2.24) is 4.72 Å². The maximum Gasteiger partial charge on any atom is 0.241 e. The highest BCUT2D eigenvalue weighted by Gasteiger charge is 2.19. The molecule has 16 heavy (non-hydrogen) atoms. The molecule has 0 fully saturated rings. The third-order valence-electron chi connectivity index (χ3n) is 2.69. The quantitative estimate of drug-likeness (QED) is 0.860. The monoisotopic (exact) mass is 241 g/mol. The minimum atomic E-state index is -3.36. The fraction of sp³-hybridized carbons (Fsp3) is 0.500. The van der Waals surface area contributed by atoms with Gasteiger partial charge in [-0.05, 0) is 31.4 Å². The topological polar surface area (TPSA) is 46.2 Å². The van der Waals surface area contributed by atoms with Crippen molar-refractivity contribution in [2.45, 2.75) is 44.6 Å². The smallest absolute Gasteiger partial charge is 0.208 e. The summed E-state index contributed by atoms with van der Waals surface area (Å²) in [5.74, 6) is 0. The number of sulfonamides is 1. The van der Waals surface area contributed by atoms with E-state index < -0.39 is 10.0 Å². The van der Waals surface area contributed by atoms with Crippen molar-refractivity contribution in [2.24, 2.45) is 0 Å². The molecule has 0 heterocycles. The van der Waals surface area contributed by atoms with E-state index in [1.807, 2.05) is 32.9 Å². The van der Waals surface area contributed by atoms with Crippen LogP contribution in [0.25, 0.3) is 0 Å². The fourth-order valence-electron chi connectivity index (χ4n) is 1.60. The number of aryl methyl sites for hydroxylation is 1. The second-order valence-corrected chi connectivity index (χ2v) is 5.58. The Morgan fingerprint density at radius 1 is 1.19 bits per heavy atom. The molecule has 0 spiro atoms. The molecular weight excluding hydrogens is 222 g/mol. The van der Waals surface area contributed by atoms with Crippen molar-refractivity contribution in [3.63, 3.8) is 0 Å². The molecular formula is C12H19NO2S. The number of nitrogens with one attached hydrogen (secondary N) is 1. The second kappa shape index (κ2) is 5.46. The molecule has 1 rings (SSSR count). The molecule has 3 nitrogen and oxygen atoms in total. The van der Waals surface area contributed by atoms with Crippen LogP contribution in [0, 0.1) is 6.92 Å². The van der Waals surface area contributed by atoms with Crippen LogP contribution in [0.2, 0.25) is 0 Å². The van der Waals surface area contributed by atoms with Crippen LogP contribution in [0.3, 0.4) is 0 Å². The number of benzene rings is 1. The molecule has 0 aromatic heterocycles. The van der Waals surface area contributed by atoms with Crippen LogP contribution >= 0.6 is 0 Å². The van der Waals surface area contributed by atoms with Crippen LogP contribution < -0.4 is 4.72 Å². The van der Waals surface area contributed by atoms with E-state index in [4.69, 9.17) is 0 Å². The van der Waals surface area contributed by atoms with E-state index in [0.29, 0.717) is 4.90 Å². The lowest BCUT2D eigenvalue weighted by Gasteiger charge is -2.16. The van der Waals surface area contributed by atoms with Crippen molar-refractivity contribution in [3.05, 3.63) is 29.8 Å². The summed E-state index contributed by atoms with van der Waals surface area (Å²) >= 11 is 0. The molecule has 0 aliphatic heterocycles. The van der Waals surface area contributed by atoms with Crippen molar-refractivity contribution in [3.8, 4) is 0 Å². The van der Waals surface area contributed by atoms with E-state index in [0.717, 1.165) is 18.4 Å². The average molecular weight is 241 g/mol. The van der Waals surface area contributed by atoms with E-state index in [2.05, 4.69) is 4.72 Å². The molecule has 0 radical (unpaired) electrons. The van der Waals surface area contributed by atoms with Gasteiger partial charge in [-0.15, -0.1) is 0 Å². The van der Waals surface area contributed by atoms with Gasteiger partial charge in [-0.25, -0.2) is 13.1 Å². The lowest BCUT2D eigenvalue weighted by molar-refractivity contribution is 0.530. The van der Waals surface area contributed by atoms with Crippen molar-refractivity contribution < 1.29 is 8.42 Å². The van der Waals surface area contributed by atoms with E-state index >= 15 is 0 Å². The Hall–Kier alpha value is -0.870. The summed E-state index contributed by atoms with van der Waals surface area (Å²) in [6.45, 7) is 5.77. The van der Waals surface area contributed by atoms with Crippen LogP contribution in [0.15, 0.2) is 29.2 Å². The SMILES string of the molecule is CCC(CC)NS(=O)(=O)c1ccccc1C. The van der Waals surface area contributed by atoms with Gasteiger partial charge in [0.1, 0.15) is 0 Å². The van der Waals surface area contributed by atoms with Gasteiger partial charge in [0, 0.05) is 6.04 Å². The first kappa shape index (κ1) is 13.2. The molecule has 0 saturated carbocycles. The Kier molecular flexibility index (Phi) is 4.50. The number of rotatable bonds is 5. The normalized spacial score (nSPS) is 12.0. The van der Waals surface area contributed by atoms with Crippen LogP contribution in [0.1, 0.15) is 32.3 Å². The minimum Gasteiger partial charge on any atom is -0.208 e. The van der Waals surface area contributed by atoms with Gasteiger partial charge in [-0.2, -0.15) is 0 Å². The molecule has 1 N–H and O–H groups in total. The third kappa shape index (κ3) is 3.06. The van der Waals surface area contributed by atoms with Gasteiger partial charge in [-0.3, -0.25) is 0 Å². The lowest BCUT2D eigenvalue weighted by Crippen LogP contribution is -2.34. The van der Waals surface area contributed by atoms with Crippen LogP contribution in [-0.4, -0.2) is 14.5 Å². The Labute approximate surface area is 97.9 Å². The van der Waals surface area contributed by atoms with Crippen molar-refractivity contribution in [2.75, 3.05) is 0 Å². The Bertz CT molecular complexity index is 436. The maximum atomic E-state index is 12.1. The van der Waals surface area contributed by atoms with Crippen LogP contribution in [0.4, 0.5) is 0 Å². The van der Waals surface area contributed by atoms with Gasteiger partial charge in [0.15, 0.2) is 0 Å². The van der Waals surface area contributed by atoms with Gasteiger partial charge < -0.3 is 0 Å². The Balaban J connectivity index is 2.99. The van der Waals surface area contributed by atoms with Crippen LogP contribution in [0.5, 0.6) is 0 Å². The zero-order valence-corrected chi connectivity index (χ0v) is 10.8. The van der Waals surface area contributed by atoms with Gasteiger partial charge in [-0.1, -0.05) is 32.0 Å². The molecule has 0 unspecified atom stereocenters. The van der Waals surface area contributed by atoms with Crippen molar-refractivity contribution >= 4 is 10.0 Å². The summed E-state index contributed by atoms with van der Waals surface area (Å²) < 4.78 is 26.9. The Morgan fingerprint density at radius 3 is 2.25 bits per heavy atom. The van der Waals surface area contributed by atoms with E-state index in [1.54, 1.807) is 12.1 Å². The number of hydrogen-bond donors (Lipinski definition) is 1. The zero-order chi connectivity index (χ0) is 12.2. The third-order valence-corrected chi connectivity index (χ3v) is 4.37. The standard InChI is InChI=1S/C12H19NO2S/c1-4-11(5-2)13-16(14,15)12-9-7-6-8-10(12)3/h6-9,11,13H,4-5H2,1-3H3. The summed E-state index contributed by atoms with van der Waals surface area (Å²) in [4.78, 5) is 0.377. The predicted molar refractivity (Wildman–Crippen MR) is 65.9 cm³/mol. The molecule has 0 amide bonds. The van der Waals surface area contributed by atoms with Gasteiger partial charge in [0.25, 0.3) is 0 Å². The molecule has 1 aromatic rings. The zero-order valence-electron chi connectivity index (χ0n) is 10.0. The molecule has 4 heteroatoms. The van der Waals surface area contributed by atoms with Gasteiger partial charge in [0.05, 0.1) is 4.90 Å². The van der Waals surface area contributed by atoms with E-state index in [1.165, 1.54) is 0 Å². The minimum absolute atomic E-state index is 0.0182. The molecule has 0 saturated heterocycles. The van der Waals surface area contributed by atoms with Crippen LogP contribution in [-0.2, 0) is 10.0 Å². The summed E-state index contributed by atoms with van der Waals surface area (Å²) in [6.07, 6.45) is 1.61. The summed E-state index contributed by atoms with van der Waals surface area (Å²) in [5, 5.41) is 0. The molecule has 0 atom stereocenters.